The van der Waals surface area contributed by atoms with E-state index in [2.05, 4.69) is 15.5 Å². The van der Waals surface area contributed by atoms with Crippen molar-refractivity contribution < 1.29 is 23.7 Å². The topological polar surface area (TPSA) is 94.7 Å². The van der Waals surface area contributed by atoms with E-state index in [4.69, 9.17) is 18.9 Å². The highest BCUT2D eigenvalue weighted by Gasteiger charge is 2.20. The molecule has 3 heterocycles. The van der Waals surface area contributed by atoms with Crippen molar-refractivity contribution in [2.75, 3.05) is 25.3 Å². The van der Waals surface area contributed by atoms with Crippen molar-refractivity contribution in [3.05, 3.63) is 48.2 Å². The Morgan fingerprint density at radius 1 is 0.926 bits per heavy atom. The molecule has 2 aliphatic rings. The van der Waals surface area contributed by atoms with Gasteiger partial charge in [0.2, 0.25) is 6.79 Å². The zero-order valence-corrected chi connectivity index (χ0v) is 14.2. The first-order valence-corrected chi connectivity index (χ1v) is 8.42. The first-order chi connectivity index (χ1) is 13.3. The molecular weight excluding hydrogens is 350 g/mol. The van der Waals surface area contributed by atoms with Crippen LogP contribution in [0.4, 0.5) is 5.69 Å². The fourth-order valence-corrected chi connectivity index (χ4v) is 3.05. The highest BCUT2D eigenvalue weighted by Crippen LogP contribution is 2.36. The van der Waals surface area contributed by atoms with Gasteiger partial charge in [-0.15, -0.1) is 0 Å². The summed E-state index contributed by atoms with van der Waals surface area (Å²) in [4.78, 5) is 12.8. The largest absolute Gasteiger partial charge is 0.486 e. The molecule has 0 atom stereocenters. The molecule has 1 aromatic heterocycles. The van der Waals surface area contributed by atoms with E-state index in [0.717, 1.165) is 5.56 Å². The molecule has 0 fully saturated rings. The first kappa shape index (κ1) is 15.6. The Morgan fingerprint density at radius 2 is 1.67 bits per heavy atom. The molecule has 1 amide bonds. The van der Waals surface area contributed by atoms with Gasteiger partial charge >= 0.3 is 0 Å². The van der Waals surface area contributed by atoms with Crippen LogP contribution >= 0.6 is 0 Å². The van der Waals surface area contributed by atoms with E-state index < -0.39 is 0 Å². The second-order valence-corrected chi connectivity index (χ2v) is 6.04. The summed E-state index contributed by atoms with van der Waals surface area (Å²) in [6.07, 6.45) is 1.49. The minimum absolute atomic E-state index is 0.183. The minimum atomic E-state index is -0.285. The van der Waals surface area contributed by atoms with Gasteiger partial charge in [0.25, 0.3) is 5.91 Å². The lowest BCUT2D eigenvalue weighted by molar-refractivity contribution is 0.102. The Labute approximate surface area is 154 Å². The molecule has 0 radical (unpaired) electrons. The summed E-state index contributed by atoms with van der Waals surface area (Å²) in [6, 6.07) is 10.8. The molecule has 3 aromatic rings. The molecule has 0 unspecified atom stereocenters. The molecule has 0 saturated carbocycles. The van der Waals surface area contributed by atoms with Crippen LogP contribution < -0.4 is 24.3 Å². The average molecular weight is 365 g/mol. The minimum Gasteiger partial charge on any atom is -0.486 e. The van der Waals surface area contributed by atoms with Crippen LogP contribution in [0.3, 0.4) is 0 Å². The van der Waals surface area contributed by atoms with E-state index >= 15 is 0 Å². The molecule has 27 heavy (non-hydrogen) atoms. The van der Waals surface area contributed by atoms with E-state index in [1.54, 1.807) is 18.2 Å². The van der Waals surface area contributed by atoms with Gasteiger partial charge in [0.1, 0.15) is 13.2 Å². The number of H-pyrrole nitrogens is 1. The maximum absolute atomic E-state index is 12.8. The molecule has 8 nitrogen and oxygen atoms in total. The first-order valence-electron chi connectivity index (χ1n) is 8.42. The second kappa shape index (κ2) is 6.24. The van der Waals surface area contributed by atoms with Gasteiger partial charge in [-0.1, -0.05) is 0 Å². The van der Waals surface area contributed by atoms with Crippen LogP contribution in [0.15, 0.2) is 42.6 Å². The summed E-state index contributed by atoms with van der Waals surface area (Å²) in [7, 11) is 0. The van der Waals surface area contributed by atoms with Gasteiger partial charge < -0.3 is 24.3 Å². The standard InChI is InChI=1S/C19H15N3O5/c23-19(21-12-2-4-15-17(8-12)27-10-26-15)13-9-20-22-18(13)11-1-3-14-16(7-11)25-6-5-24-14/h1-4,7-9H,5-6,10H2,(H,20,22)(H,21,23). The third-order valence-corrected chi connectivity index (χ3v) is 4.35. The highest BCUT2D eigenvalue weighted by molar-refractivity contribution is 6.08. The number of carbonyl (C=O) groups excluding carboxylic acids is 1. The number of aromatic amines is 1. The lowest BCUT2D eigenvalue weighted by Gasteiger charge is -2.18. The third-order valence-electron chi connectivity index (χ3n) is 4.35. The van der Waals surface area contributed by atoms with Gasteiger partial charge in [-0.05, 0) is 30.3 Å². The third kappa shape index (κ3) is 2.80. The van der Waals surface area contributed by atoms with Crippen LogP contribution in [0.1, 0.15) is 10.4 Å². The maximum atomic E-state index is 12.8. The molecular formula is C19H15N3O5. The lowest BCUT2D eigenvalue weighted by atomic mass is 10.1. The molecule has 0 saturated heterocycles. The van der Waals surface area contributed by atoms with E-state index in [9.17, 15) is 4.79 Å². The van der Waals surface area contributed by atoms with E-state index in [0.29, 0.717) is 53.2 Å². The Bertz CT molecular complexity index is 1030. The molecule has 0 bridgehead atoms. The predicted octanol–water partition coefficient (Wildman–Crippen LogP) is 2.83. The van der Waals surface area contributed by atoms with Crippen molar-refractivity contribution in [2.24, 2.45) is 0 Å². The summed E-state index contributed by atoms with van der Waals surface area (Å²) in [5, 5.41) is 9.77. The summed E-state index contributed by atoms with van der Waals surface area (Å²) in [6.45, 7) is 1.21. The molecule has 2 N–H and O–H groups in total. The number of aromatic nitrogens is 2. The molecule has 0 aliphatic carbocycles. The fraction of sp³-hybridized carbons (Fsp3) is 0.158. The van der Waals surface area contributed by atoms with Crippen molar-refractivity contribution in [1.82, 2.24) is 10.2 Å². The zero-order chi connectivity index (χ0) is 18.2. The number of carbonyl (C=O) groups is 1. The Hall–Kier alpha value is -3.68. The summed E-state index contributed by atoms with van der Waals surface area (Å²) < 4.78 is 21.8. The average Bonchev–Trinajstić information content (AvgIpc) is 3.36. The Balaban J connectivity index is 1.42. The van der Waals surface area contributed by atoms with Crippen molar-refractivity contribution in [3.63, 3.8) is 0 Å². The van der Waals surface area contributed by atoms with Crippen LogP contribution in [0.5, 0.6) is 23.0 Å². The van der Waals surface area contributed by atoms with Gasteiger partial charge in [-0.2, -0.15) is 5.10 Å². The molecule has 0 spiro atoms. The van der Waals surface area contributed by atoms with Gasteiger partial charge in [0, 0.05) is 17.3 Å². The van der Waals surface area contributed by atoms with Gasteiger partial charge in [0.15, 0.2) is 23.0 Å². The predicted molar refractivity (Wildman–Crippen MR) is 95.5 cm³/mol. The number of nitrogens with zero attached hydrogens (tertiary/aromatic N) is 1. The van der Waals surface area contributed by atoms with E-state index in [1.165, 1.54) is 6.20 Å². The number of ether oxygens (including phenoxy) is 4. The van der Waals surface area contributed by atoms with Crippen LogP contribution in [0, 0.1) is 0 Å². The second-order valence-electron chi connectivity index (χ2n) is 6.04. The number of rotatable bonds is 3. The van der Waals surface area contributed by atoms with Crippen LogP contribution in [-0.2, 0) is 0 Å². The molecule has 5 rings (SSSR count). The van der Waals surface area contributed by atoms with Crippen LogP contribution in [-0.4, -0.2) is 36.1 Å². The quantitative estimate of drug-likeness (QED) is 0.741. The highest BCUT2D eigenvalue weighted by atomic mass is 16.7. The van der Waals surface area contributed by atoms with Crippen molar-refractivity contribution >= 4 is 11.6 Å². The lowest BCUT2D eigenvalue weighted by Crippen LogP contribution is -2.15. The number of benzene rings is 2. The molecule has 8 heteroatoms. The van der Waals surface area contributed by atoms with Gasteiger partial charge in [-0.3, -0.25) is 9.89 Å². The number of nitrogens with one attached hydrogen (secondary N) is 2. The van der Waals surface area contributed by atoms with E-state index in [-0.39, 0.29) is 12.7 Å². The van der Waals surface area contributed by atoms with Crippen molar-refractivity contribution in [3.8, 4) is 34.3 Å². The van der Waals surface area contributed by atoms with Crippen LogP contribution in [0.25, 0.3) is 11.3 Å². The zero-order valence-electron chi connectivity index (χ0n) is 14.2. The van der Waals surface area contributed by atoms with Crippen molar-refractivity contribution in [1.29, 1.82) is 0 Å². The van der Waals surface area contributed by atoms with E-state index in [1.807, 2.05) is 18.2 Å². The number of amides is 1. The summed E-state index contributed by atoms with van der Waals surface area (Å²) in [5.41, 5.74) is 2.42. The molecule has 136 valence electrons. The number of anilines is 1. The Morgan fingerprint density at radius 3 is 2.59 bits per heavy atom. The molecule has 2 aliphatic heterocycles. The Kier molecular flexibility index (Phi) is 3.60. The fourth-order valence-electron chi connectivity index (χ4n) is 3.05. The SMILES string of the molecule is O=C(Nc1ccc2c(c1)OCO2)c1cn[nH]c1-c1ccc2c(c1)OCCO2. The summed E-state index contributed by atoms with van der Waals surface area (Å²) in [5.74, 6) is 2.32. The van der Waals surface area contributed by atoms with Gasteiger partial charge in [-0.25, -0.2) is 0 Å². The number of hydrogen-bond acceptors (Lipinski definition) is 6. The number of fused-ring (bicyclic) bond motifs is 2. The smallest absolute Gasteiger partial charge is 0.259 e. The summed E-state index contributed by atoms with van der Waals surface area (Å²) >= 11 is 0. The normalized spacial score (nSPS) is 14.1. The van der Waals surface area contributed by atoms with Gasteiger partial charge in [0.05, 0.1) is 17.5 Å². The van der Waals surface area contributed by atoms with Crippen molar-refractivity contribution in [2.45, 2.75) is 0 Å². The number of hydrogen-bond donors (Lipinski definition) is 2. The molecule has 2 aromatic carbocycles. The monoisotopic (exact) mass is 365 g/mol. The van der Waals surface area contributed by atoms with Crippen LogP contribution in [0.2, 0.25) is 0 Å². The maximum Gasteiger partial charge on any atom is 0.259 e.